The number of rotatable bonds is 5. The largest absolute Gasteiger partial charge is 0.333 e. The quantitative estimate of drug-likeness (QED) is 0.610. The molecule has 0 aliphatic rings. The highest BCUT2D eigenvalue weighted by Crippen LogP contribution is 2.29. The van der Waals surface area contributed by atoms with E-state index in [2.05, 4.69) is 10.6 Å². The van der Waals surface area contributed by atoms with Crippen molar-refractivity contribution in [3.05, 3.63) is 71.3 Å². The zero-order valence-corrected chi connectivity index (χ0v) is 14.8. The van der Waals surface area contributed by atoms with Gasteiger partial charge in [0.15, 0.2) is 0 Å². The Labute approximate surface area is 150 Å². The number of hydrogen-bond acceptors (Lipinski definition) is 2. The molecule has 1 unspecified atom stereocenters. The summed E-state index contributed by atoms with van der Waals surface area (Å²) in [6.45, 7) is 2.32. The monoisotopic (exact) mass is 370 g/mol. The van der Waals surface area contributed by atoms with Crippen molar-refractivity contribution in [3.63, 3.8) is 0 Å². The van der Waals surface area contributed by atoms with Gasteiger partial charge in [-0.2, -0.15) is 0 Å². The molecular formula is C17H17Cl3N2O. The summed E-state index contributed by atoms with van der Waals surface area (Å²) in [6, 6.07) is 16.9. The van der Waals surface area contributed by atoms with Crippen molar-refractivity contribution in [1.29, 1.82) is 0 Å². The van der Waals surface area contributed by atoms with Crippen molar-refractivity contribution in [2.24, 2.45) is 0 Å². The number of benzene rings is 2. The molecule has 23 heavy (non-hydrogen) atoms. The van der Waals surface area contributed by atoms with E-state index < -0.39 is 9.96 Å². The second-order valence-electron chi connectivity index (χ2n) is 5.13. The van der Waals surface area contributed by atoms with E-state index in [0.717, 1.165) is 11.1 Å². The Morgan fingerprint density at radius 1 is 1.04 bits per heavy atom. The Bertz CT molecular complexity index is 656. The van der Waals surface area contributed by atoms with Crippen LogP contribution in [0.25, 0.3) is 0 Å². The lowest BCUT2D eigenvalue weighted by molar-refractivity contribution is 0.0928. The van der Waals surface area contributed by atoms with Crippen LogP contribution in [0, 0.1) is 6.92 Å². The van der Waals surface area contributed by atoms with Crippen LogP contribution >= 0.6 is 34.8 Å². The minimum atomic E-state index is -1.67. The number of nitrogens with one attached hydrogen (secondary N) is 2. The molecule has 0 bridgehead atoms. The third-order valence-corrected chi connectivity index (χ3v) is 4.00. The molecule has 2 N–H and O–H groups in total. The van der Waals surface area contributed by atoms with E-state index >= 15 is 0 Å². The summed E-state index contributed by atoms with van der Waals surface area (Å²) in [5, 5.41) is 5.81. The predicted molar refractivity (Wildman–Crippen MR) is 96.0 cm³/mol. The molecule has 0 aliphatic carbocycles. The van der Waals surface area contributed by atoms with Gasteiger partial charge in [0.1, 0.15) is 6.17 Å². The lowest BCUT2D eigenvalue weighted by Crippen LogP contribution is -2.53. The van der Waals surface area contributed by atoms with E-state index in [4.69, 9.17) is 34.8 Å². The van der Waals surface area contributed by atoms with Crippen LogP contribution in [0.5, 0.6) is 0 Å². The van der Waals surface area contributed by atoms with E-state index in [0.29, 0.717) is 12.1 Å². The Hall–Kier alpha value is -1.26. The first-order chi connectivity index (χ1) is 10.9. The first-order valence-corrected chi connectivity index (χ1v) is 8.22. The molecule has 0 radical (unpaired) electrons. The van der Waals surface area contributed by atoms with Gasteiger partial charge in [0.05, 0.1) is 0 Å². The normalized spacial score (nSPS) is 12.7. The number of amides is 1. The summed E-state index contributed by atoms with van der Waals surface area (Å²) >= 11 is 18.0. The van der Waals surface area contributed by atoms with Gasteiger partial charge in [-0.1, -0.05) is 83.3 Å². The highest BCUT2D eigenvalue weighted by molar-refractivity contribution is 6.68. The fourth-order valence-corrected chi connectivity index (χ4v) is 2.50. The van der Waals surface area contributed by atoms with Gasteiger partial charge < -0.3 is 5.32 Å². The Kier molecular flexibility index (Phi) is 6.31. The van der Waals surface area contributed by atoms with Gasteiger partial charge in [-0.25, -0.2) is 0 Å². The molecule has 3 nitrogen and oxygen atoms in total. The Morgan fingerprint density at radius 3 is 2.26 bits per heavy atom. The number of alkyl halides is 3. The Balaban J connectivity index is 2.07. The molecule has 0 aliphatic heterocycles. The summed E-state index contributed by atoms with van der Waals surface area (Å²) in [7, 11) is 0. The maximum atomic E-state index is 12.4. The maximum absolute atomic E-state index is 12.4. The maximum Gasteiger partial charge on any atom is 0.252 e. The highest BCUT2D eigenvalue weighted by Gasteiger charge is 2.33. The van der Waals surface area contributed by atoms with Crippen molar-refractivity contribution in [2.45, 2.75) is 23.4 Å². The molecule has 2 aromatic rings. The van der Waals surface area contributed by atoms with Crippen LogP contribution in [0.15, 0.2) is 54.6 Å². The lowest BCUT2D eigenvalue weighted by atomic mass is 10.1. The van der Waals surface area contributed by atoms with Crippen molar-refractivity contribution < 1.29 is 4.79 Å². The van der Waals surface area contributed by atoms with E-state index in [-0.39, 0.29) is 5.91 Å². The van der Waals surface area contributed by atoms with Crippen LogP contribution in [0.1, 0.15) is 21.5 Å². The summed E-state index contributed by atoms with van der Waals surface area (Å²) in [6.07, 6.45) is -0.820. The van der Waals surface area contributed by atoms with Crippen LogP contribution in [0.4, 0.5) is 0 Å². The van der Waals surface area contributed by atoms with Crippen molar-refractivity contribution in [3.8, 4) is 0 Å². The molecule has 0 heterocycles. The molecule has 0 saturated carbocycles. The van der Waals surface area contributed by atoms with Gasteiger partial charge in [-0.15, -0.1) is 0 Å². The molecule has 0 spiro atoms. The van der Waals surface area contributed by atoms with Crippen molar-refractivity contribution >= 4 is 40.7 Å². The highest BCUT2D eigenvalue weighted by atomic mass is 35.6. The molecule has 1 atom stereocenters. The molecule has 6 heteroatoms. The van der Waals surface area contributed by atoms with E-state index in [1.54, 1.807) is 12.1 Å². The number of aryl methyl sites for hydroxylation is 1. The minimum absolute atomic E-state index is 0.292. The minimum Gasteiger partial charge on any atom is -0.333 e. The smallest absolute Gasteiger partial charge is 0.252 e. The average molecular weight is 372 g/mol. The van der Waals surface area contributed by atoms with E-state index in [1.807, 2.05) is 49.4 Å². The number of carbonyl (C=O) groups excluding carboxylic acids is 1. The fourth-order valence-electron chi connectivity index (χ4n) is 2.10. The van der Waals surface area contributed by atoms with Crippen LogP contribution in [-0.4, -0.2) is 15.9 Å². The topological polar surface area (TPSA) is 41.1 Å². The summed E-state index contributed by atoms with van der Waals surface area (Å²) in [5.74, 6) is -0.292. The number of halogens is 3. The Morgan fingerprint density at radius 2 is 1.65 bits per heavy atom. The second kappa shape index (κ2) is 8.02. The molecule has 0 fully saturated rings. The van der Waals surface area contributed by atoms with Crippen LogP contribution in [0.3, 0.4) is 0 Å². The third kappa shape index (κ3) is 5.40. The SMILES string of the molecule is Cc1ccccc1C(=O)NC(NCc1ccccc1)C(Cl)(Cl)Cl. The first-order valence-electron chi connectivity index (χ1n) is 7.08. The van der Waals surface area contributed by atoms with Gasteiger partial charge >= 0.3 is 0 Å². The zero-order chi connectivity index (χ0) is 16.9. The molecule has 122 valence electrons. The predicted octanol–water partition coefficient (Wildman–Crippen LogP) is 4.21. The van der Waals surface area contributed by atoms with E-state index in [9.17, 15) is 4.79 Å². The van der Waals surface area contributed by atoms with Gasteiger partial charge in [-0.05, 0) is 24.1 Å². The van der Waals surface area contributed by atoms with Gasteiger partial charge in [-0.3, -0.25) is 10.1 Å². The number of carbonyl (C=O) groups is 1. The molecule has 2 rings (SSSR count). The third-order valence-electron chi connectivity index (χ3n) is 3.35. The summed E-state index contributed by atoms with van der Waals surface area (Å²) in [4.78, 5) is 12.4. The van der Waals surface area contributed by atoms with Gasteiger partial charge in [0.25, 0.3) is 5.91 Å². The molecule has 1 amide bonds. The van der Waals surface area contributed by atoms with Crippen molar-refractivity contribution in [2.75, 3.05) is 0 Å². The van der Waals surface area contributed by atoms with Gasteiger partial charge in [0, 0.05) is 12.1 Å². The molecular weight excluding hydrogens is 355 g/mol. The van der Waals surface area contributed by atoms with Gasteiger partial charge in [0.2, 0.25) is 3.79 Å². The van der Waals surface area contributed by atoms with Crippen molar-refractivity contribution in [1.82, 2.24) is 10.6 Å². The summed E-state index contributed by atoms with van der Waals surface area (Å²) in [5.41, 5.74) is 2.43. The van der Waals surface area contributed by atoms with Crippen LogP contribution in [0.2, 0.25) is 0 Å². The molecule has 0 aromatic heterocycles. The first kappa shape index (κ1) is 18.1. The lowest BCUT2D eigenvalue weighted by Gasteiger charge is -2.27. The van der Waals surface area contributed by atoms with E-state index in [1.165, 1.54) is 0 Å². The van der Waals surface area contributed by atoms with Crippen LogP contribution < -0.4 is 10.6 Å². The average Bonchev–Trinajstić information content (AvgIpc) is 2.51. The standard InChI is InChI=1S/C17H17Cl3N2O/c1-12-7-5-6-10-14(12)15(23)22-16(17(18,19)20)21-11-13-8-3-2-4-9-13/h2-10,16,21H,11H2,1H3,(H,22,23). The number of hydrogen-bond donors (Lipinski definition) is 2. The zero-order valence-electron chi connectivity index (χ0n) is 12.5. The second-order valence-corrected chi connectivity index (χ2v) is 7.50. The molecule has 0 saturated heterocycles. The molecule has 2 aromatic carbocycles. The fraction of sp³-hybridized carbons (Fsp3) is 0.235. The summed E-state index contributed by atoms with van der Waals surface area (Å²) < 4.78 is -1.67. The van der Waals surface area contributed by atoms with Crippen LogP contribution in [-0.2, 0) is 6.54 Å².